The maximum atomic E-state index is 13.2. The normalized spacial score (nSPS) is 17.2. The summed E-state index contributed by atoms with van der Waals surface area (Å²) in [5.41, 5.74) is 1.20. The van der Waals surface area contributed by atoms with Gasteiger partial charge in [0.2, 0.25) is 0 Å². The second-order valence-electron chi connectivity index (χ2n) is 6.15. The molecule has 3 aromatic rings. The molecule has 1 atom stereocenters. The van der Waals surface area contributed by atoms with Crippen molar-refractivity contribution in [2.75, 3.05) is 6.54 Å². The highest BCUT2D eigenvalue weighted by atomic mass is 19.1. The molecule has 0 bridgehead atoms. The van der Waals surface area contributed by atoms with E-state index in [0.29, 0.717) is 17.9 Å². The van der Waals surface area contributed by atoms with E-state index in [2.05, 4.69) is 10.1 Å². The van der Waals surface area contributed by atoms with Gasteiger partial charge in [0.15, 0.2) is 0 Å². The molecule has 1 amide bonds. The van der Waals surface area contributed by atoms with E-state index in [4.69, 9.17) is 0 Å². The van der Waals surface area contributed by atoms with Crippen molar-refractivity contribution in [3.8, 4) is 5.69 Å². The Labute approximate surface area is 144 Å². The van der Waals surface area contributed by atoms with Gasteiger partial charge in [-0.3, -0.25) is 14.0 Å². The molecule has 0 unspecified atom stereocenters. The number of amides is 1. The summed E-state index contributed by atoms with van der Waals surface area (Å²) in [6, 6.07) is 8.02. The minimum atomic E-state index is -0.310. The van der Waals surface area contributed by atoms with Gasteiger partial charge in [0, 0.05) is 24.6 Å². The van der Waals surface area contributed by atoms with Crippen LogP contribution in [0.3, 0.4) is 0 Å². The van der Waals surface area contributed by atoms with Crippen LogP contribution < -0.4 is 0 Å². The highest BCUT2D eigenvalue weighted by Gasteiger charge is 2.31. The van der Waals surface area contributed by atoms with Crippen LogP contribution in [0.2, 0.25) is 0 Å². The van der Waals surface area contributed by atoms with Gasteiger partial charge in [-0.2, -0.15) is 5.10 Å². The Hall–Kier alpha value is -2.96. The van der Waals surface area contributed by atoms with Crippen molar-refractivity contribution < 1.29 is 9.18 Å². The lowest BCUT2D eigenvalue weighted by atomic mass is 10.2. The Kier molecular flexibility index (Phi) is 4.05. The first-order valence-corrected chi connectivity index (χ1v) is 8.29. The molecule has 1 aliphatic heterocycles. The minimum Gasteiger partial charge on any atom is -0.332 e. The van der Waals surface area contributed by atoms with Crippen LogP contribution in [0.4, 0.5) is 4.39 Å². The van der Waals surface area contributed by atoms with Gasteiger partial charge in [0.1, 0.15) is 11.5 Å². The summed E-state index contributed by atoms with van der Waals surface area (Å²) in [5.74, 6) is -0.368. The van der Waals surface area contributed by atoms with E-state index in [9.17, 15) is 9.18 Å². The fourth-order valence-corrected chi connectivity index (χ4v) is 3.33. The van der Waals surface area contributed by atoms with Crippen LogP contribution in [-0.4, -0.2) is 42.7 Å². The van der Waals surface area contributed by atoms with E-state index in [1.54, 1.807) is 35.4 Å². The zero-order chi connectivity index (χ0) is 17.2. The molecule has 1 aliphatic rings. The van der Waals surface area contributed by atoms with Crippen molar-refractivity contribution in [3.05, 3.63) is 66.8 Å². The standard InChI is InChI=1S/C18H18FN5O/c19-14-4-6-15(7-5-14)24-13-20-11-17(24)18(25)23-10-1-3-16(23)12-22-9-2-8-21-22/h2,4-9,11,13,16H,1,3,10,12H2/t16-/m1/s1. The maximum Gasteiger partial charge on any atom is 0.272 e. The number of rotatable bonds is 4. The van der Waals surface area contributed by atoms with Gasteiger partial charge in [0.25, 0.3) is 5.91 Å². The van der Waals surface area contributed by atoms with E-state index < -0.39 is 0 Å². The van der Waals surface area contributed by atoms with Crippen molar-refractivity contribution in [1.29, 1.82) is 0 Å². The molecule has 0 aliphatic carbocycles. The second kappa shape index (κ2) is 6.51. The molecule has 1 aromatic carbocycles. The molecule has 0 radical (unpaired) electrons. The van der Waals surface area contributed by atoms with Crippen LogP contribution in [0.1, 0.15) is 23.3 Å². The van der Waals surface area contributed by atoms with Crippen molar-refractivity contribution in [2.45, 2.75) is 25.4 Å². The molecule has 1 saturated heterocycles. The van der Waals surface area contributed by atoms with Gasteiger partial charge < -0.3 is 4.90 Å². The Morgan fingerprint density at radius 2 is 2.12 bits per heavy atom. The van der Waals surface area contributed by atoms with Gasteiger partial charge >= 0.3 is 0 Å². The summed E-state index contributed by atoms with van der Waals surface area (Å²) in [6.07, 6.45) is 8.72. The number of carbonyl (C=O) groups excluding carboxylic acids is 1. The average Bonchev–Trinajstić information content (AvgIpc) is 3.37. The first kappa shape index (κ1) is 15.6. The Morgan fingerprint density at radius 3 is 2.88 bits per heavy atom. The zero-order valence-corrected chi connectivity index (χ0v) is 13.6. The molecule has 7 heteroatoms. The molecule has 2 aromatic heterocycles. The lowest BCUT2D eigenvalue weighted by molar-refractivity contribution is 0.0713. The SMILES string of the molecule is O=C(c1cncn1-c1ccc(F)cc1)N1CCC[C@@H]1Cn1cccn1. The smallest absolute Gasteiger partial charge is 0.272 e. The van der Waals surface area contributed by atoms with Gasteiger partial charge in [-0.05, 0) is 43.2 Å². The molecule has 128 valence electrons. The van der Waals surface area contributed by atoms with Crippen molar-refractivity contribution in [2.24, 2.45) is 0 Å². The summed E-state index contributed by atoms with van der Waals surface area (Å²) in [5, 5.41) is 4.24. The maximum absolute atomic E-state index is 13.2. The number of benzene rings is 1. The third kappa shape index (κ3) is 3.05. The molecule has 4 rings (SSSR count). The number of aromatic nitrogens is 4. The van der Waals surface area contributed by atoms with Crippen molar-refractivity contribution >= 4 is 5.91 Å². The molecule has 0 saturated carbocycles. The van der Waals surface area contributed by atoms with E-state index >= 15 is 0 Å². The number of imidazole rings is 1. The topological polar surface area (TPSA) is 56.0 Å². The number of halogens is 1. The van der Waals surface area contributed by atoms with E-state index in [1.165, 1.54) is 12.1 Å². The molecular formula is C18H18FN5O. The van der Waals surface area contributed by atoms with Crippen LogP contribution in [0.25, 0.3) is 5.69 Å². The van der Waals surface area contributed by atoms with Crippen LogP contribution >= 0.6 is 0 Å². The number of hydrogen-bond acceptors (Lipinski definition) is 3. The summed E-state index contributed by atoms with van der Waals surface area (Å²) in [4.78, 5) is 19.1. The van der Waals surface area contributed by atoms with Crippen molar-refractivity contribution in [3.63, 3.8) is 0 Å². The van der Waals surface area contributed by atoms with Gasteiger partial charge in [-0.15, -0.1) is 0 Å². The van der Waals surface area contributed by atoms with Gasteiger partial charge in [-0.25, -0.2) is 9.37 Å². The van der Waals surface area contributed by atoms with Crippen molar-refractivity contribution in [1.82, 2.24) is 24.2 Å². The number of hydrogen-bond donors (Lipinski definition) is 0. The molecule has 6 nitrogen and oxygen atoms in total. The zero-order valence-electron chi connectivity index (χ0n) is 13.6. The summed E-state index contributed by atoms with van der Waals surface area (Å²) in [7, 11) is 0. The Balaban J connectivity index is 1.58. The summed E-state index contributed by atoms with van der Waals surface area (Å²) in [6.45, 7) is 1.41. The monoisotopic (exact) mass is 339 g/mol. The predicted molar refractivity (Wildman–Crippen MR) is 89.8 cm³/mol. The lowest BCUT2D eigenvalue weighted by Gasteiger charge is -2.25. The quantitative estimate of drug-likeness (QED) is 0.734. The van der Waals surface area contributed by atoms with E-state index in [1.807, 2.05) is 21.8 Å². The fraction of sp³-hybridized carbons (Fsp3) is 0.278. The summed E-state index contributed by atoms with van der Waals surface area (Å²) < 4.78 is 16.7. The van der Waals surface area contributed by atoms with Crippen LogP contribution in [-0.2, 0) is 6.54 Å². The first-order chi connectivity index (χ1) is 12.2. The summed E-state index contributed by atoms with van der Waals surface area (Å²) >= 11 is 0. The van der Waals surface area contributed by atoms with E-state index in [-0.39, 0.29) is 17.8 Å². The molecule has 0 N–H and O–H groups in total. The predicted octanol–water partition coefficient (Wildman–Crippen LogP) is 2.51. The minimum absolute atomic E-state index is 0.0588. The van der Waals surface area contributed by atoms with Crippen LogP contribution in [0, 0.1) is 5.82 Å². The highest BCUT2D eigenvalue weighted by molar-refractivity contribution is 5.93. The second-order valence-corrected chi connectivity index (χ2v) is 6.15. The molecular weight excluding hydrogens is 321 g/mol. The molecule has 3 heterocycles. The number of carbonyl (C=O) groups is 1. The lowest BCUT2D eigenvalue weighted by Crippen LogP contribution is -2.39. The van der Waals surface area contributed by atoms with Gasteiger partial charge in [-0.1, -0.05) is 0 Å². The number of likely N-dealkylation sites (tertiary alicyclic amines) is 1. The first-order valence-electron chi connectivity index (χ1n) is 8.29. The van der Waals surface area contributed by atoms with Crippen LogP contribution in [0.15, 0.2) is 55.2 Å². The average molecular weight is 339 g/mol. The van der Waals surface area contributed by atoms with Gasteiger partial charge in [0.05, 0.1) is 25.1 Å². The fourth-order valence-electron chi connectivity index (χ4n) is 3.33. The third-order valence-electron chi connectivity index (χ3n) is 4.56. The largest absolute Gasteiger partial charge is 0.332 e. The number of nitrogens with zero attached hydrogens (tertiary/aromatic N) is 5. The Morgan fingerprint density at radius 1 is 1.28 bits per heavy atom. The molecule has 25 heavy (non-hydrogen) atoms. The highest BCUT2D eigenvalue weighted by Crippen LogP contribution is 2.22. The van der Waals surface area contributed by atoms with Crippen LogP contribution in [0.5, 0.6) is 0 Å². The molecule has 0 spiro atoms. The third-order valence-corrected chi connectivity index (χ3v) is 4.56. The molecule has 1 fully saturated rings. The Bertz CT molecular complexity index is 856. The van der Waals surface area contributed by atoms with E-state index in [0.717, 1.165) is 19.4 Å².